The first-order valence-electron chi connectivity index (χ1n) is 6.56. The van der Waals surface area contributed by atoms with Gasteiger partial charge >= 0.3 is 0 Å². The van der Waals surface area contributed by atoms with Gasteiger partial charge in [0.2, 0.25) is 5.78 Å². The van der Waals surface area contributed by atoms with Crippen LogP contribution < -0.4 is 0 Å². The summed E-state index contributed by atoms with van der Waals surface area (Å²) in [6.07, 6.45) is 0. The van der Waals surface area contributed by atoms with Gasteiger partial charge in [-0.1, -0.05) is 48.5 Å². The summed E-state index contributed by atoms with van der Waals surface area (Å²) in [7, 11) is 0. The van der Waals surface area contributed by atoms with Crippen LogP contribution in [0.15, 0.2) is 60.7 Å². The molecule has 1 aromatic heterocycles. The highest BCUT2D eigenvalue weighted by Crippen LogP contribution is 2.21. The molecular weight excluding hydrogens is 250 g/mol. The highest BCUT2D eigenvalue weighted by molar-refractivity contribution is 6.00. The van der Waals surface area contributed by atoms with Crippen LogP contribution in [-0.4, -0.2) is 22.1 Å². The maximum absolute atomic E-state index is 11.9. The summed E-state index contributed by atoms with van der Waals surface area (Å²) >= 11 is 0. The molecule has 100 valence electrons. The van der Waals surface area contributed by atoms with Crippen molar-refractivity contribution in [1.82, 2.24) is 4.57 Å². The average Bonchev–Trinajstić information content (AvgIpc) is 2.86. The lowest BCUT2D eigenvalue weighted by molar-refractivity contribution is 0.0895. The van der Waals surface area contributed by atoms with E-state index in [4.69, 9.17) is 5.11 Å². The quantitative estimate of drug-likeness (QED) is 0.737. The van der Waals surface area contributed by atoms with Gasteiger partial charge in [-0.15, -0.1) is 0 Å². The summed E-state index contributed by atoms with van der Waals surface area (Å²) in [5, 5.41) is 10.2. The molecule has 1 heterocycles. The number of nitrogens with zero attached hydrogens (tertiary/aromatic N) is 1. The number of Topliss-reactive ketones (excluding diaryl/α,β-unsaturated/α-hetero) is 1. The van der Waals surface area contributed by atoms with E-state index in [0.29, 0.717) is 12.2 Å². The van der Waals surface area contributed by atoms with Gasteiger partial charge in [-0.25, -0.2) is 0 Å². The van der Waals surface area contributed by atoms with Gasteiger partial charge < -0.3 is 9.67 Å². The number of rotatable bonds is 4. The maximum atomic E-state index is 11.9. The van der Waals surface area contributed by atoms with Crippen LogP contribution in [0.4, 0.5) is 0 Å². The molecule has 0 spiro atoms. The van der Waals surface area contributed by atoms with Crippen molar-refractivity contribution in [3.63, 3.8) is 0 Å². The van der Waals surface area contributed by atoms with Crippen LogP contribution in [0.2, 0.25) is 0 Å². The topological polar surface area (TPSA) is 42.2 Å². The van der Waals surface area contributed by atoms with E-state index in [2.05, 4.69) is 0 Å². The van der Waals surface area contributed by atoms with E-state index >= 15 is 0 Å². The number of para-hydroxylation sites is 1. The first-order valence-corrected chi connectivity index (χ1v) is 6.56. The molecule has 0 amide bonds. The minimum absolute atomic E-state index is 0.253. The molecule has 0 aliphatic carbocycles. The largest absolute Gasteiger partial charge is 0.388 e. The van der Waals surface area contributed by atoms with Crippen LogP contribution in [0.5, 0.6) is 0 Å². The number of aliphatic hydroxyl groups is 1. The zero-order valence-electron chi connectivity index (χ0n) is 11.0. The number of carbonyl (C=O) groups is 1. The molecule has 0 unspecified atom stereocenters. The SMILES string of the molecule is O=C(CO)c1cc2ccccc2n1Cc1ccccc1. The van der Waals surface area contributed by atoms with E-state index in [0.717, 1.165) is 16.5 Å². The Balaban J connectivity index is 2.13. The van der Waals surface area contributed by atoms with Gasteiger partial charge in [0.05, 0.1) is 5.69 Å². The molecule has 0 radical (unpaired) electrons. The fraction of sp³-hybridized carbons (Fsp3) is 0.118. The third-order valence-electron chi connectivity index (χ3n) is 3.42. The molecule has 0 saturated carbocycles. The average molecular weight is 265 g/mol. The van der Waals surface area contributed by atoms with E-state index in [1.54, 1.807) is 0 Å². The predicted molar refractivity (Wildman–Crippen MR) is 78.9 cm³/mol. The molecule has 0 bridgehead atoms. The van der Waals surface area contributed by atoms with E-state index in [1.807, 2.05) is 65.2 Å². The zero-order valence-corrected chi connectivity index (χ0v) is 11.0. The number of aromatic nitrogens is 1. The van der Waals surface area contributed by atoms with Gasteiger partial charge in [-0.3, -0.25) is 4.79 Å². The normalized spacial score (nSPS) is 10.8. The van der Waals surface area contributed by atoms with E-state index in [-0.39, 0.29) is 5.78 Å². The van der Waals surface area contributed by atoms with Crippen molar-refractivity contribution in [3.8, 4) is 0 Å². The van der Waals surface area contributed by atoms with E-state index < -0.39 is 6.61 Å². The standard InChI is InChI=1S/C17H15NO2/c19-12-17(20)16-10-14-8-4-5-9-15(14)18(16)11-13-6-2-1-3-7-13/h1-10,19H,11-12H2. The molecule has 3 rings (SSSR count). The van der Waals surface area contributed by atoms with Gasteiger partial charge in [0.25, 0.3) is 0 Å². The molecule has 3 nitrogen and oxygen atoms in total. The first-order chi connectivity index (χ1) is 9.79. The third kappa shape index (κ3) is 2.24. The first kappa shape index (κ1) is 12.6. The summed E-state index contributed by atoms with van der Waals surface area (Å²) in [5.74, 6) is -0.253. The molecular formula is C17H15NO2. The zero-order chi connectivity index (χ0) is 13.9. The molecule has 20 heavy (non-hydrogen) atoms. The van der Waals surface area contributed by atoms with Crippen molar-refractivity contribution in [2.24, 2.45) is 0 Å². The van der Waals surface area contributed by atoms with Crippen LogP contribution in [0, 0.1) is 0 Å². The fourth-order valence-electron chi connectivity index (χ4n) is 2.46. The Bertz CT molecular complexity index is 744. The van der Waals surface area contributed by atoms with Crippen molar-refractivity contribution in [1.29, 1.82) is 0 Å². The number of carbonyl (C=O) groups excluding carboxylic acids is 1. The summed E-state index contributed by atoms with van der Waals surface area (Å²) in [5.41, 5.74) is 2.69. The summed E-state index contributed by atoms with van der Waals surface area (Å²) in [4.78, 5) is 11.9. The lowest BCUT2D eigenvalue weighted by Gasteiger charge is -2.09. The molecule has 0 fully saturated rings. The summed E-state index contributed by atoms with van der Waals surface area (Å²) < 4.78 is 1.96. The number of hydrogen-bond acceptors (Lipinski definition) is 2. The minimum atomic E-state index is -0.467. The van der Waals surface area contributed by atoms with Crippen molar-refractivity contribution < 1.29 is 9.90 Å². The van der Waals surface area contributed by atoms with Crippen LogP contribution >= 0.6 is 0 Å². The summed E-state index contributed by atoms with van der Waals surface area (Å²) in [6.45, 7) is 0.153. The second-order valence-corrected chi connectivity index (χ2v) is 4.74. The van der Waals surface area contributed by atoms with Crippen LogP contribution in [0.3, 0.4) is 0 Å². The Kier molecular flexibility index (Phi) is 3.35. The number of fused-ring (bicyclic) bond motifs is 1. The molecule has 1 N–H and O–H groups in total. The monoisotopic (exact) mass is 265 g/mol. The van der Waals surface area contributed by atoms with Gasteiger partial charge in [-0.05, 0) is 17.7 Å². The van der Waals surface area contributed by atoms with Crippen molar-refractivity contribution in [2.75, 3.05) is 6.61 Å². The van der Waals surface area contributed by atoms with Gasteiger partial charge in [0.1, 0.15) is 6.61 Å². The number of ketones is 1. The Hall–Kier alpha value is -2.39. The second-order valence-electron chi connectivity index (χ2n) is 4.74. The number of benzene rings is 2. The Morgan fingerprint density at radius 2 is 1.70 bits per heavy atom. The summed E-state index contributed by atoms with van der Waals surface area (Å²) in [6, 6.07) is 19.7. The maximum Gasteiger partial charge on any atom is 0.204 e. The number of aliphatic hydroxyl groups excluding tert-OH is 1. The van der Waals surface area contributed by atoms with E-state index in [9.17, 15) is 4.79 Å². The highest BCUT2D eigenvalue weighted by atomic mass is 16.3. The highest BCUT2D eigenvalue weighted by Gasteiger charge is 2.14. The molecule has 3 aromatic rings. The van der Waals surface area contributed by atoms with Gasteiger partial charge in [-0.2, -0.15) is 0 Å². The van der Waals surface area contributed by atoms with E-state index in [1.165, 1.54) is 0 Å². The van der Waals surface area contributed by atoms with Crippen molar-refractivity contribution in [3.05, 3.63) is 71.9 Å². The molecule has 0 atom stereocenters. The van der Waals surface area contributed by atoms with Gasteiger partial charge in [0, 0.05) is 17.4 Å². The molecule has 3 heteroatoms. The van der Waals surface area contributed by atoms with Gasteiger partial charge in [0.15, 0.2) is 0 Å². The van der Waals surface area contributed by atoms with Crippen LogP contribution in [0.1, 0.15) is 16.1 Å². The van der Waals surface area contributed by atoms with Crippen LogP contribution in [-0.2, 0) is 6.54 Å². The molecule has 0 saturated heterocycles. The molecule has 0 aliphatic heterocycles. The lowest BCUT2D eigenvalue weighted by atomic mass is 10.2. The lowest BCUT2D eigenvalue weighted by Crippen LogP contribution is -2.12. The number of hydrogen-bond donors (Lipinski definition) is 1. The molecule has 2 aromatic carbocycles. The minimum Gasteiger partial charge on any atom is -0.388 e. The second kappa shape index (κ2) is 5.31. The Labute approximate surface area is 117 Å². The van der Waals surface area contributed by atoms with Crippen molar-refractivity contribution in [2.45, 2.75) is 6.54 Å². The Morgan fingerprint density at radius 3 is 2.45 bits per heavy atom. The third-order valence-corrected chi connectivity index (χ3v) is 3.42. The smallest absolute Gasteiger partial charge is 0.204 e. The predicted octanol–water partition coefficient (Wildman–Crippen LogP) is 2.86. The van der Waals surface area contributed by atoms with Crippen molar-refractivity contribution >= 4 is 16.7 Å². The Morgan fingerprint density at radius 1 is 1.00 bits per heavy atom. The fourth-order valence-corrected chi connectivity index (χ4v) is 2.46. The van der Waals surface area contributed by atoms with Crippen LogP contribution in [0.25, 0.3) is 10.9 Å². The molecule has 0 aliphatic rings.